The molecule has 0 atom stereocenters. The number of carbonyl (C=O) groups is 1. The Morgan fingerprint density at radius 2 is 2.10 bits per heavy atom. The van der Waals surface area contributed by atoms with Gasteiger partial charge in [0.25, 0.3) is 5.91 Å². The summed E-state index contributed by atoms with van der Waals surface area (Å²) in [4.78, 5) is 12.3. The maximum absolute atomic E-state index is 13.6. The van der Waals surface area contributed by atoms with Crippen LogP contribution in [0.5, 0.6) is 0 Å². The van der Waals surface area contributed by atoms with Gasteiger partial charge in [-0.05, 0) is 50.1 Å². The summed E-state index contributed by atoms with van der Waals surface area (Å²) in [7, 11) is 0. The van der Waals surface area contributed by atoms with Gasteiger partial charge in [-0.15, -0.1) is 0 Å². The molecule has 3 nitrogen and oxygen atoms in total. The van der Waals surface area contributed by atoms with Gasteiger partial charge in [0.2, 0.25) is 0 Å². The highest BCUT2D eigenvalue weighted by atomic mass is 35.5. The largest absolute Gasteiger partial charge is 0.341 e. The number of nitrogens with zero attached hydrogens (tertiary/aromatic N) is 1. The van der Waals surface area contributed by atoms with E-state index in [1.54, 1.807) is 18.2 Å². The van der Waals surface area contributed by atoms with E-state index in [2.05, 4.69) is 4.72 Å². The number of halogens is 2. The number of carbonyl (C=O) groups excluding carboxylic acids is 1. The second-order valence-electron chi connectivity index (χ2n) is 4.48. The van der Waals surface area contributed by atoms with E-state index < -0.39 is 5.82 Å². The zero-order chi connectivity index (χ0) is 14.7. The molecule has 0 aliphatic rings. The molecule has 0 radical (unpaired) electrons. The van der Waals surface area contributed by atoms with Gasteiger partial charge >= 0.3 is 0 Å². The van der Waals surface area contributed by atoms with E-state index in [1.165, 1.54) is 12.1 Å². The normalized spacial score (nSPS) is 10.8. The van der Waals surface area contributed by atoms with Gasteiger partial charge in [0.15, 0.2) is 0 Å². The van der Waals surface area contributed by atoms with Crippen LogP contribution in [0.4, 0.5) is 4.39 Å². The van der Waals surface area contributed by atoms with Crippen molar-refractivity contribution in [3.05, 3.63) is 53.1 Å². The molecular weight excluding hydrogens is 299 g/mol. The van der Waals surface area contributed by atoms with Crippen LogP contribution >= 0.6 is 23.5 Å². The van der Waals surface area contributed by atoms with Gasteiger partial charge in [-0.25, -0.2) is 4.39 Å². The maximum atomic E-state index is 13.6. The van der Waals surface area contributed by atoms with Crippen molar-refractivity contribution in [2.75, 3.05) is 0 Å². The first kappa shape index (κ1) is 14.9. The molecule has 2 rings (SSSR count). The lowest BCUT2D eigenvalue weighted by Gasteiger charge is -2.12. The maximum Gasteiger partial charge on any atom is 0.277 e. The summed E-state index contributed by atoms with van der Waals surface area (Å²) in [5.74, 6) is -0.741. The Labute approximate surface area is 126 Å². The lowest BCUT2D eigenvalue weighted by atomic mass is 10.3. The minimum atomic E-state index is -0.456. The summed E-state index contributed by atoms with van der Waals surface area (Å²) < 4.78 is 18.0. The number of aromatic nitrogens is 1. The van der Waals surface area contributed by atoms with E-state index in [9.17, 15) is 9.18 Å². The average molecular weight is 313 g/mol. The molecule has 1 aromatic heterocycles. The molecule has 0 saturated heterocycles. The highest BCUT2D eigenvalue weighted by Gasteiger charge is 2.15. The monoisotopic (exact) mass is 312 g/mol. The third-order valence-corrected chi connectivity index (χ3v) is 4.07. The van der Waals surface area contributed by atoms with Crippen molar-refractivity contribution in [1.29, 1.82) is 0 Å². The Morgan fingerprint density at radius 3 is 2.75 bits per heavy atom. The van der Waals surface area contributed by atoms with Crippen LogP contribution in [0.2, 0.25) is 5.02 Å². The molecule has 0 aliphatic carbocycles. The summed E-state index contributed by atoms with van der Waals surface area (Å²) in [6, 6.07) is 8.10. The van der Waals surface area contributed by atoms with Crippen LogP contribution in [0.1, 0.15) is 30.4 Å². The number of benzene rings is 1. The van der Waals surface area contributed by atoms with Gasteiger partial charge in [0.05, 0.1) is 9.92 Å². The first-order valence-corrected chi connectivity index (χ1v) is 7.28. The molecule has 0 aliphatic heterocycles. The predicted octanol–water partition coefficient (Wildman–Crippen LogP) is 4.30. The van der Waals surface area contributed by atoms with Gasteiger partial charge in [-0.3, -0.25) is 9.52 Å². The number of nitrogens with one attached hydrogen (secondary N) is 1. The van der Waals surface area contributed by atoms with Gasteiger partial charge in [0.1, 0.15) is 11.5 Å². The van der Waals surface area contributed by atoms with E-state index >= 15 is 0 Å². The molecule has 1 aromatic carbocycles. The van der Waals surface area contributed by atoms with Crippen LogP contribution in [0.15, 0.2) is 41.4 Å². The quantitative estimate of drug-likeness (QED) is 0.854. The standard InChI is InChI=1S/C14H14ClFN2OS/c1-9(2)18-8-4-7-12(18)14(19)17-20-13-10(15)5-3-6-11(13)16/h3-9H,1-2H3,(H,17,19). The fraction of sp³-hybridized carbons (Fsp3) is 0.214. The van der Waals surface area contributed by atoms with Crippen molar-refractivity contribution in [2.45, 2.75) is 24.8 Å². The van der Waals surface area contributed by atoms with Crippen molar-refractivity contribution < 1.29 is 9.18 Å². The lowest BCUT2D eigenvalue weighted by Crippen LogP contribution is -2.20. The van der Waals surface area contributed by atoms with Crippen molar-refractivity contribution in [2.24, 2.45) is 0 Å². The first-order chi connectivity index (χ1) is 9.50. The first-order valence-electron chi connectivity index (χ1n) is 6.08. The Bertz CT molecular complexity index is 607. The molecule has 0 fully saturated rings. The molecule has 1 heterocycles. The summed E-state index contributed by atoms with van der Waals surface area (Å²) in [6.45, 7) is 3.97. The predicted molar refractivity (Wildman–Crippen MR) is 79.6 cm³/mol. The molecule has 1 amide bonds. The van der Waals surface area contributed by atoms with Gasteiger partial charge in [0, 0.05) is 12.2 Å². The third kappa shape index (κ3) is 3.16. The zero-order valence-electron chi connectivity index (χ0n) is 11.1. The van der Waals surface area contributed by atoms with Crippen molar-refractivity contribution in [1.82, 2.24) is 9.29 Å². The second-order valence-corrected chi connectivity index (χ2v) is 5.70. The molecule has 0 bridgehead atoms. The Balaban J connectivity index is 2.11. The minimum Gasteiger partial charge on any atom is -0.341 e. The van der Waals surface area contributed by atoms with Crippen molar-refractivity contribution in [3.63, 3.8) is 0 Å². The Kier molecular flexibility index (Phi) is 4.73. The SMILES string of the molecule is CC(C)n1cccc1C(=O)NSc1c(F)cccc1Cl. The highest BCUT2D eigenvalue weighted by molar-refractivity contribution is 7.98. The molecule has 20 heavy (non-hydrogen) atoms. The minimum absolute atomic E-state index is 0.174. The van der Waals surface area contributed by atoms with Crippen molar-refractivity contribution >= 4 is 29.5 Å². The van der Waals surface area contributed by atoms with Crippen molar-refractivity contribution in [3.8, 4) is 0 Å². The smallest absolute Gasteiger partial charge is 0.277 e. The van der Waals surface area contributed by atoms with E-state index in [-0.39, 0.29) is 21.9 Å². The molecule has 0 saturated carbocycles. The lowest BCUT2D eigenvalue weighted by molar-refractivity contribution is 0.0974. The zero-order valence-corrected chi connectivity index (χ0v) is 12.6. The summed E-state index contributed by atoms with van der Waals surface area (Å²) >= 11 is 6.78. The molecule has 0 unspecified atom stereocenters. The van der Waals surface area contributed by atoms with Gasteiger partial charge < -0.3 is 4.57 Å². The summed E-state index contributed by atoms with van der Waals surface area (Å²) in [5, 5.41) is 0.273. The number of hydrogen-bond donors (Lipinski definition) is 1. The third-order valence-electron chi connectivity index (χ3n) is 2.73. The second kappa shape index (κ2) is 6.33. The van der Waals surface area contributed by atoms with E-state index in [0.717, 1.165) is 11.9 Å². The molecule has 106 valence electrons. The van der Waals surface area contributed by atoms with E-state index in [0.29, 0.717) is 5.69 Å². The summed E-state index contributed by atoms with van der Waals surface area (Å²) in [6.07, 6.45) is 1.83. The molecule has 1 N–H and O–H groups in total. The van der Waals surface area contributed by atoms with Gasteiger partial charge in [-0.1, -0.05) is 17.7 Å². The molecular formula is C14H14ClFN2OS. The van der Waals surface area contributed by atoms with E-state index in [1.807, 2.05) is 24.6 Å². The topological polar surface area (TPSA) is 34.0 Å². The van der Waals surface area contributed by atoms with E-state index in [4.69, 9.17) is 11.6 Å². The van der Waals surface area contributed by atoms with Gasteiger partial charge in [-0.2, -0.15) is 0 Å². The summed E-state index contributed by atoms with van der Waals surface area (Å²) in [5.41, 5.74) is 0.528. The Morgan fingerprint density at radius 1 is 1.35 bits per heavy atom. The fourth-order valence-corrected chi connectivity index (χ4v) is 2.68. The van der Waals surface area contributed by atoms with Crippen LogP contribution in [0, 0.1) is 5.82 Å². The van der Waals surface area contributed by atoms with Crippen LogP contribution in [-0.2, 0) is 0 Å². The molecule has 6 heteroatoms. The molecule has 0 spiro atoms. The van der Waals surface area contributed by atoms with Crippen LogP contribution in [-0.4, -0.2) is 10.5 Å². The average Bonchev–Trinajstić information content (AvgIpc) is 2.87. The number of hydrogen-bond acceptors (Lipinski definition) is 2. The fourth-order valence-electron chi connectivity index (χ4n) is 1.77. The number of amides is 1. The van der Waals surface area contributed by atoms with Crippen LogP contribution in [0.3, 0.4) is 0 Å². The molecule has 2 aromatic rings. The Hall–Kier alpha value is -1.46. The number of rotatable bonds is 4. The van der Waals surface area contributed by atoms with Crippen LogP contribution < -0.4 is 4.72 Å². The van der Waals surface area contributed by atoms with Crippen LogP contribution in [0.25, 0.3) is 0 Å². The highest BCUT2D eigenvalue weighted by Crippen LogP contribution is 2.28.